The Hall–Kier alpha value is -1.55. The van der Waals surface area contributed by atoms with E-state index < -0.39 is 11.3 Å². The van der Waals surface area contributed by atoms with Crippen molar-refractivity contribution in [3.05, 3.63) is 29.3 Å². The Labute approximate surface area is 111 Å². The van der Waals surface area contributed by atoms with Crippen molar-refractivity contribution in [2.24, 2.45) is 0 Å². The molecule has 0 saturated heterocycles. The van der Waals surface area contributed by atoms with E-state index in [-0.39, 0.29) is 18.6 Å². The number of carbonyl (C=O) groups excluding carboxylic acids is 1. The zero-order chi connectivity index (χ0) is 13.7. The lowest BCUT2D eigenvalue weighted by Gasteiger charge is -2.11. The first kappa shape index (κ1) is 14.5. The number of aryl methyl sites for hydroxylation is 1. The molecule has 0 fully saturated rings. The molecule has 1 aromatic rings. The van der Waals surface area contributed by atoms with Crippen molar-refractivity contribution >= 4 is 23.4 Å². The first-order valence-corrected chi connectivity index (χ1v) is 5.94. The molecule has 98 valence electrons. The highest BCUT2D eigenvalue weighted by Crippen LogP contribution is 2.24. The number of halogens is 1. The highest BCUT2D eigenvalue weighted by molar-refractivity contribution is 6.34. The molecule has 0 aliphatic rings. The van der Waals surface area contributed by atoms with Crippen LogP contribution in [-0.2, 0) is 4.79 Å². The summed E-state index contributed by atoms with van der Waals surface area (Å²) in [7, 11) is 1.47. The van der Waals surface area contributed by atoms with Gasteiger partial charge in [0.15, 0.2) is 5.78 Å². The van der Waals surface area contributed by atoms with Crippen LogP contribution in [0.2, 0.25) is 0 Å². The number of carboxylic acids is 1. The third-order valence-corrected chi connectivity index (χ3v) is 2.93. The van der Waals surface area contributed by atoms with E-state index in [1.807, 2.05) is 13.0 Å². The number of aliphatic carboxylic acids is 1. The van der Waals surface area contributed by atoms with Crippen molar-refractivity contribution in [3.63, 3.8) is 0 Å². The van der Waals surface area contributed by atoms with Gasteiger partial charge in [0.05, 0.1) is 18.1 Å². The molecule has 0 saturated carbocycles. The van der Waals surface area contributed by atoms with Crippen LogP contribution >= 0.6 is 11.6 Å². The number of ether oxygens (including phenoxy) is 1. The van der Waals surface area contributed by atoms with Crippen molar-refractivity contribution in [1.29, 1.82) is 0 Å². The second kappa shape index (κ2) is 6.40. The Morgan fingerprint density at radius 2 is 2.11 bits per heavy atom. The Morgan fingerprint density at radius 3 is 2.67 bits per heavy atom. The van der Waals surface area contributed by atoms with Gasteiger partial charge >= 0.3 is 5.97 Å². The molecule has 0 aliphatic heterocycles. The molecule has 0 aliphatic carbocycles. The van der Waals surface area contributed by atoms with Crippen molar-refractivity contribution in [2.45, 2.75) is 25.1 Å². The number of rotatable bonds is 6. The van der Waals surface area contributed by atoms with E-state index in [1.54, 1.807) is 12.1 Å². The smallest absolute Gasteiger partial charge is 0.303 e. The Kier molecular flexibility index (Phi) is 5.16. The zero-order valence-corrected chi connectivity index (χ0v) is 11.0. The second-order valence-corrected chi connectivity index (χ2v) is 4.49. The SMILES string of the molecule is COc1ccc(C)cc1C(=O)C(Cl)CCC(=O)O. The van der Waals surface area contributed by atoms with E-state index in [4.69, 9.17) is 21.4 Å². The van der Waals surface area contributed by atoms with E-state index in [0.717, 1.165) is 5.56 Å². The summed E-state index contributed by atoms with van der Waals surface area (Å²) in [5, 5.41) is 7.71. The largest absolute Gasteiger partial charge is 0.496 e. The van der Waals surface area contributed by atoms with Crippen molar-refractivity contribution in [1.82, 2.24) is 0 Å². The second-order valence-electron chi connectivity index (χ2n) is 3.97. The minimum Gasteiger partial charge on any atom is -0.496 e. The zero-order valence-electron chi connectivity index (χ0n) is 10.3. The molecule has 5 heteroatoms. The topological polar surface area (TPSA) is 63.6 Å². The lowest BCUT2D eigenvalue weighted by molar-refractivity contribution is -0.137. The van der Waals surface area contributed by atoms with Gasteiger partial charge in [-0.1, -0.05) is 11.6 Å². The summed E-state index contributed by atoms with van der Waals surface area (Å²) in [5.41, 5.74) is 1.31. The van der Waals surface area contributed by atoms with E-state index in [1.165, 1.54) is 7.11 Å². The average Bonchev–Trinajstić information content (AvgIpc) is 2.34. The molecule has 0 radical (unpaired) electrons. The monoisotopic (exact) mass is 270 g/mol. The molecule has 4 nitrogen and oxygen atoms in total. The number of Topliss-reactive ketones (excluding diaryl/α,β-unsaturated/α-hetero) is 1. The predicted octanol–water partition coefficient (Wildman–Crippen LogP) is 2.66. The first-order valence-electron chi connectivity index (χ1n) is 5.50. The summed E-state index contributed by atoms with van der Waals surface area (Å²) in [4.78, 5) is 22.5. The van der Waals surface area contributed by atoms with Gasteiger partial charge < -0.3 is 9.84 Å². The third-order valence-electron chi connectivity index (χ3n) is 2.52. The molecule has 0 amide bonds. The standard InChI is InChI=1S/C13H15ClO4/c1-8-3-5-11(18-2)9(7-8)13(17)10(14)4-6-12(15)16/h3,5,7,10H,4,6H2,1-2H3,(H,15,16). The summed E-state index contributed by atoms with van der Waals surface area (Å²) in [5.74, 6) is -0.824. The molecule has 0 heterocycles. The molecule has 0 aromatic heterocycles. The van der Waals surface area contributed by atoms with Gasteiger partial charge in [-0.05, 0) is 25.5 Å². The Morgan fingerprint density at radius 1 is 1.44 bits per heavy atom. The van der Waals surface area contributed by atoms with Crippen LogP contribution < -0.4 is 4.74 Å². The molecule has 1 unspecified atom stereocenters. The number of hydrogen-bond donors (Lipinski definition) is 1. The van der Waals surface area contributed by atoms with Crippen LogP contribution in [0.25, 0.3) is 0 Å². The van der Waals surface area contributed by atoms with Gasteiger partial charge in [0.25, 0.3) is 0 Å². The first-order chi connectivity index (χ1) is 8.45. The maximum Gasteiger partial charge on any atom is 0.303 e. The van der Waals surface area contributed by atoms with Gasteiger partial charge in [0.2, 0.25) is 0 Å². The fraction of sp³-hybridized carbons (Fsp3) is 0.385. The van der Waals surface area contributed by atoms with Crippen LogP contribution in [0.4, 0.5) is 0 Å². The minimum atomic E-state index is -0.968. The number of alkyl halides is 1. The summed E-state index contributed by atoms with van der Waals surface area (Å²) in [6.07, 6.45) is -0.0269. The number of benzene rings is 1. The minimum absolute atomic E-state index is 0.104. The van der Waals surface area contributed by atoms with E-state index >= 15 is 0 Å². The number of hydrogen-bond acceptors (Lipinski definition) is 3. The molecule has 1 atom stereocenters. The lowest BCUT2D eigenvalue weighted by atomic mass is 10.0. The number of carbonyl (C=O) groups is 2. The van der Waals surface area contributed by atoms with Gasteiger partial charge in [-0.3, -0.25) is 9.59 Å². The highest BCUT2D eigenvalue weighted by Gasteiger charge is 2.21. The van der Waals surface area contributed by atoms with Gasteiger partial charge in [0, 0.05) is 6.42 Å². The van der Waals surface area contributed by atoms with Gasteiger partial charge in [-0.15, -0.1) is 11.6 Å². The molecule has 18 heavy (non-hydrogen) atoms. The maximum atomic E-state index is 12.1. The fourth-order valence-electron chi connectivity index (χ4n) is 1.56. The predicted molar refractivity (Wildman–Crippen MR) is 68.6 cm³/mol. The van der Waals surface area contributed by atoms with Crippen molar-refractivity contribution in [3.8, 4) is 5.75 Å². The summed E-state index contributed by atoms with van der Waals surface area (Å²) in [6.45, 7) is 1.86. The maximum absolute atomic E-state index is 12.1. The van der Waals surface area contributed by atoms with Gasteiger partial charge in [-0.2, -0.15) is 0 Å². The average molecular weight is 271 g/mol. The van der Waals surface area contributed by atoms with Crippen molar-refractivity contribution < 1.29 is 19.4 Å². The normalized spacial score (nSPS) is 11.9. The van der Waals surface area contributed by atoms with Crippen LogP contribution in [0.3, 0.4) is 0 Å². The van der Waals surface area contributed by atoms with Gasteiger partial charge in [-0.25, -0.2) is 0 Å². The number of ketones is 1. The van der Waals surface area contributed by atoms with Crippen LogP contribution in [-0.4, -0.2) is 29.3 Å². The van der Waals surface area contributed by atoms with Crippen LogP contribution in [0.1, 0.15) is 28.8 Å². The third kappa shape index (κ3) is 3.74. The number of methoxy groups -OCH3 is 1. The molecule has 1 aromatic carbocycles. The Bertz CT molecular complexity index is 456. The highest BCUT2D eigenvalue weighted by atomic mass is 35.5. The van der Waals surface area contributed by atoms with Crippen LogP contribution in [0, 0.1) is 6.92 Å². The quantitative estimate of drug-likeness (QED) is 0.638. The molecular weight excluding hydrogens is 256 g/mol. The molecule has 1 rings (SSSR count). The van der Waals surface area contributed by atoms with Crippen LogP contribution in [0.15, 0.2) is 18.2 Å². The fourth-order valence-corrected chi connectivity index (χ4v) is 1.79. The van der Waals surface area contributed by atoms with E-state index in [9.17, 15) is 9.59 Å². The lowest BCUT2D eigenvalue weighted by Crippen LogP contribution is -2.17. The summed E-state index contributed by atoms with van der Waals surface area (Å²) < 4.78 is 5.10. The summed E-state index contributed by atoms with van der Waals surface area (Å²) >= 11 is 5.92. The molecule has 0 bridgehead atoms. The van der Waals surface area contributed by atoms with Crippen molar-refractivity contribution in [2.75, 3.05) is 7.11 Å². The summed E-state index contributed by atoms with van der Waals surface area (Å²) in [6, 6.07) is 5.22. The Balaban J connectivity index is 2.88. The molecular formula is C13H15ClO4. The number of carboxylic acid groups (broad SMARTS) is 1. The molecule has 1 N–H and O–H groups in total. The molecule has 0 spiro atoms. The van der Waals surface area contributed by atoms with E-state index in [0.29, 0.717) is 11.3 Å². The van der Waals surface area contributed by atoms with Gasteiger partial charge in [0.1, 0.15) is 5.75 Å². The van der Waals surface area contributed by atoms with Crippen LogP contribution in [0.5, 0.6) is 5.75 Å². The van der Waals surface area contributed by atoms with E-state index in [2.05, 4.69) is 0 Å².